The second-order valence-electron chi connectivity index (χ2n) is 15.9. The molecule has 64 heavy (non-hydrogen) atoms. The molecule has 0 atom stereocenters. The number of pyridine rings is 4. The van der Waals surface area contributed by atoms with E-state index in [9.17, 15) is 0 Å². The van der Waals surface area contributed by atoms with Crippen LogP contribution >= 0.6 is 0 Å². The molecule has 12 rings (SSSR count). The minimum atomic E-state index is 0.517. The summed E-state index contributed by atoms with van der Waals surface area (Å²) in [4.78, 5) is 35.6. The van der Waals surface area contributed by atoms with Crippen LogP contribution in [-0.2, 0) is 0 Å². The van der Waals surface area contributed by atoms with Crippen molar-refractivity contribution in [3.63, 3.8) is 0 Å². The van der Waals surface area contributed by atoms with Gasteiger partial charge in [-0.25, -0.2) is 15.0 Å². The van der Waals surface area contributed by atoms with Crippen LogP contribution in [0.5, 0.6) is 0 Å². The molecule has 9 nitrogen and oxygen atoms in total. The van der Waals surface area contributed by atoms with Gasteiger partial charge in [-0.05, 0) is 85.6 Å². The zero-order chi connectivity index (χ0) is 42.7. The molecule has 0 unspecified atom stereocenters. The Morgan fingerprint density at radius 3 is 1.25 bits per heavy atom. The molecular formula is C55H37N9. The lowest BCUT2D eigenvalue weighted by Crippen LogP contribution is -2.08. The number of rotatable bonds is 7. The van der Waals surface area contributed by atoms with E-state index in [0.717, 1.165) is 105 Å². The summed E-state index contributed by atoms with van der Waals surface area (Å²) in [6, 6.07) is 52.0. The Hall–Kier alpha value is -8.69. The van der Waals surface area contributed by atoms with E-state index >= 15 is 0 Å². The zero-order valence-electron chi connectivity index (χ0n) is 34.9. The molecule has 0 N–H and O–H groups in total. The van der Waals surface area contributed by atoms with Crippen molar-refractivity contribution < 1.29 is 0 Å². The highest BCUT2D eigenvalue weighted by atomic mass is 15.1. The van der Waals surface area contributed by atoms with Gasteiger partial charge in [-0.2, -0.15) is 0 Å². The van der Waals surface area contributed by atoms with Gasteiger partial charge in [-0.3, -0.25) is 19.9 Å². The number of benzene rings is 5. The Bertz CT molecular complexity index is 3410. The van der Waals surface area contributed by atoms with Gasteiger partial charge < -0.3 is 9.13 Å². The van der Waals surface area contributed by atoms with Gasteiger partial charge in [-0.1, -0.05) is 91.0 Å². The molecule has 0 saturated carbocycles. The standard InChI is InChI=1S/C55H37N9/c1-34-14-11-15-35(2)50(34)55-61-53(42-20-12-18-40(44-22-7-9-28-58-44)51(42)63-46-24-5-3-16-36(46)38-26-30-56-32-48(38)63)60-54(62-55)43-21-13-19-41(45-23-8-10-29-59-45)52(43)64-47-25-6-4-17-37(47)39-27-31-57-33-49(39)64/h3-33H,1-2H3. The van der Waals surface area contributed by atoms with Crippen molar-refractivity contribution in [1.29, 1.82) is 0 Å². The smallest absolute Gasteiger partial charge is 0.166 e. The van der Waals surface area contributed by atoms with Crippen LogP contribution in [0.1, 0.15) is 11.1 Å². The Balaban J connectivity index is 1.22. The number of hydrogen-bond acceptors (Lipinski definition) is 7. The summed E-state index contributed by atoms with van der Waals surface area (Å²) in [5, 5.41) is 4.42. The number of fused-ring (bicyclic) bond motifs is 6. The van der Waals surface area contributed by atoms with Crippen molar-refractivity contribution in [2.45, 2.75) is 13.8 Å². The highest BCUT2D eigenvalue weighted by Gasteiger charge is 2.26. The first kappa shape index (κ1) is 37.1. The Morgan fingerprint density at radius 1 is 0.344 bits per heavy atom. The number of aromatic nitrogens is 9. The van der Waals surface area contributed by atoms with Gasteiger partial charge in [0.15, 0.2) is 17.5 Å². The van der Waals surface area contributed by atoms with E-state index in [2.05, 4.69) is 148 Å². The lowest BCUT2D eigenvalue weighted by Gasteiger charge is -2.20. The maximum atomic E-state index is 5.57. The summed E-state index contributed by atoms with van der Waals surface area (Å²) in [6.45, 7) is 4.23. The average Bonchev–Trinajstić information content (AvgIpc) is 3.87. The van der Waals surface area contributed by atoms with Crippen molar-refractivity contribution in [2.24, 2.45) is 0 Å². The highest BCUT2D eigenvalue weighted by Crippen LogP contribution is 2.43. The minimum absolute atomic E-state index is 0.517. The van der Waals surface area contributed by atoms with Crippen molar-refractivity contribution in [3.05, 3.63) is 200 Å². The summed E-state index contributed by atoms with van der Waals surface area (Å²) >= 11 is 0. The molecule has 0 spiro atoms. The van der Waals surface area contributed by atoms with Gasteiger partial charge in [0.05, 0.1) is 57.2 Å². The largest absolute Gasteiger partial charge is 0.306 e. The van der Waals surface area contributed by atoms with E-state index in [1.54, 1.807) is 0 Å². The first-order chi connectivity index (χ1) is 31.6. The van der Waals surface area contributed by atoms with E-state index in [4.69, 9.17) is 24.9 Å². The molecule has 0 saturated heterocycles. The molecular weight excluding hydrogens is 787 g/mol. The molecule has 302 valence electrons. The SMILES string of the molecule is Cc1cccc(C)c1-c1nc(-c2cccc(-c3ccccn3)c2-n2c3ccccc3c3ccncc32)nc(-c2cccc(-c3ccccn3)c2-n2c3ccccc3c3ccncc32)n1. The fourth-order valence-electron chi connectivity index (χ4n) is 9.40. The predicted molar refractivity (Wildman–Crippen MR) is 256 cm³/mol. The second kappa shape index (κ2) is 15.0. The quantitative estimate of drug-likeness (QED) is 0.158. The molecule has 0 aliphatic rings. The molecule has 0 fully saturated rings. The lowest BCUT2D eigenvalue weighted by molar-refractivity contribution is 1.05. The molecule has 0 aliphatic heterocycles. The van der Waals surface area contributed by atoms with Crippen LogP contribution in [0.3, 0.4) is 0 Å². The molecule has 0 aliphatic carbocycles. The number of nitrogens with zero attached hydrogens (tertiary/aromatic N) is 9. The fourth-order valence-corrected chi connectivity index (χ4v) is 9.40. The van der Waals surface area contributed by atoms with E-state index in [1.807, 2.05) is 73.6 Å². The van der Waals surface area contributed by atoms with E-state index in [-0.39, 0.29) is 0 Å². The van der Waals surface area contributed by atoms with Crippen LogP contribution in [0.15, 0.2) is 189 Å². The molecule has 0 amide bonds. The van der Waals surface area contributed by atoms with Gasteiger partial charge in [0.1, 0.15) is 0 Å². The summed E-state index contributed by atoms with van der Waals surface area (Å²) in [5.74, 6) is 1.61. The molecule has 5 aromatic carbocycles. The average molecular weight is 824 g/mol. The zero-order valence-corrected chi connectivity index (χ0v) is 34.9. The van der Waals surface area contributed by atoms with Crippen LogP contribution in [0, 0.1) is 13.8 Å². The van der Waals surface area contributed by atoms with Crippen molar-refractivity contribution in [3.8, 4) is 68.1 Å². The van der Waals surface area contributed by atoms with Crippen LogP contribution in [0.2, 0.25) is 0 Å². The van der Waals surface area contributed by atoms with Gasteiger partial charge in [-0.15, -0.1) is 0 Å². The van der Waals surface area contributed by atoms with E-state index in [1.165, 1.54) is 0 Å². The summed E-state index contributed by atoms with van der Waals surface area (Å²) in [6.07, 6.45) is 11.2. The maximum Gasteiger partial charge on any atom is 0.166 e. The Labute approximate surface area is 368 Å². The number of hydrogen-bond donors (Lipinski definition) is 0. The third-order valence-corrected chi connectivity index (χ3v) is 12.2. The Kier molecular flexibility index (Phi) is 8.72. The van der Waals surface area contributed by atoms with Gasteiger partial charge >= 0.3 is 0 Å². The van der Waals surface area contributed by atoms with Crippen LogP contribution in [-0.4, -0.2) is 44.0 Å². The van der Waals surface area contributed by atoms with Crippen LogP contribution < -0.4 is 0 Å². The highest BCUT2D eigenvalue weighted by molar-refractivity contribution is 6.11. The number of para-hydroxylation sites is 4. The van der Waals surface area contributed by atoms with Gasteiger partial charge in [0.2, 0.25) is 0 Å². The van der Waals surface area contributed by atoms with Crippen LogP contribution in [0.4, 0.5) is 0 Å². The number of aryl methyl sites for hydroxylation is 2. The van der Waals surface area contributed by atoms with E-state index < -0.39 is 0 Å². The first-order valence-corrected chi connectivity index (χ1v) is 21.2. The maximum absolute atomic E-state index is 5.57. The topological polar surface area (TPSA) is 100 Å². The summed E-state index contributed by atoms with van der Waals surface area (Å²) in [5.41, 5.74) is 14.0. The van der Waals surface area contributed by atoms with Crippen molar-refractivity contribution in [2.75, 3.05) is 0 Å². The van der Waals surface area contributed by atoms with Crippen molar-refractivity contribution >= 4 is 43.6 Å². The molecule has 0 radical (unpaired) electrons. The third-order valence-electron chi connectivity index (χ3n) is 12.2. The fraction of sp³-hybridized carbons (Fsp3) is 0.0364. The summed E-state index contributed by atoms with van der Waals surface area (Å²) < 4.78 is 4.58. The Morgan fingerprint density at radius 2 is 0.766 bits per heavy atom. The predicted octanol–water partition coefficient (Wildman–Crippen LogP) is 12.6. The second-order valence-corrected chi connectivity index (χ2v) is 15.9. The molecule has 12 aromatic rings. The normalized spacial score (nSPS) is 11.6. The van der Waals surface area contributed by atoms with E-state index in [0.29, 0.717) is 17.5 Å². The lowest BCUT2D eigenvalue weighted by atomic mass is 10.00. The van der Waals surface area contributed by atoms with Crippen molar-refractivity contribution in [1.82, 2.24) is 44.0 Å². The third kappa shape index (κ3) is 5.89. The first-order valence-electron chi connectivity index (χ1n) is 21.2. The van der Waals surface area contributed by atoms with Gasteiger partial charge in [0, 0.05) is 74.1 Å². The van der Waals surface area contributed by atoms with Crippen LogP contribution in [0.25, 0.3) is 112 Å². The molecule has 9 heteroatoms. The van der Waals surface area contributed by atoms with Gasteiger partial charge in [0.25, 0.3) is 0 Å². The molecule has 7 aromatic heterocycles. The molecule has 0 bridgehead atoms. The molecule has 7 heterocycles. The minimum Gasteiger partial charge on any atom is -0.306 e. The monoisotopic (exact) mass is 823 g/mol. The summed E-state index contributed by atoms with van der Waals surface area (Å²) in [7, 11) is 0.